The maximum atomic E-state index is 4.95. The minimum atomic E-state index is 0.605. The molecule has 0 saturated carbocycles. The number of hydrogen-bond acceptors (Lipinski definition) is 3. The standard InChI is InChI=1S/C10H24N2O/c1-10(2)12-8-4-6-11-7-5-9-13-3/h10-12H,4-9H2,1-3H3. The molecule has 13 heavy (non-hydrogen) atoms. The Balaban J connectivity index is 2.84. The van der Waals surface area contributed by atoms with Crippen LogP contribution < -0.4 is 10.6 Å². The minimum absolute atomic E-state index is 0.605. The minimum Gasteiger partial charge on any atom is -0.385 e. The van der Waals surface area contributed by atoms with E-state index in [1.807, 2.05) is 0 Å². The molecule has 0 aromatic heterocycles. The Morgan fingerprint density at radius 1 is 1.08 bits per heavy atom. The molecule has 0 radical (unpaired) electrons. The molecule has 0 aromatic rings. The van der Waals surface area contributed by atoms with Crippen LogP contribution in [0.2, 0.25) is 0 Å². The molecule has 0 fully saturated rings. The summed E-state index contributed by atoms with van der Waals surface area (Å²) in [6.45, 7) is 8.48. The van der Waals surface area contributed by atoms with Crippen LogP contribution in [0.3, 0.4) is 0 Å². The molecule has 0 aromatic carbocycles. The maximum Gasteiger partial charge on any atom is 0.0474 e. The highest BCUT2D eigenvalue weighted by molar-refractivity contribution is 4.54. The second-order valence-electron chi connectivity index (χ2n) is 3.56. The molecule has 0 bridgehead atoms. The van der Waals surface area contributed by atoms with Gasteiger partial charge in [0.2, 0.25) is 0 Å². The molecule has 0 amide bonds. The molecule has 2 N–H and O–H groups in total. The van der Waals surface area contributed by atoms with Crippen molar-refractivity contribution in [2.24, 2.45) is 0 Å². The normalized spacial score (nSPS) is 11.1. The van der Waals surface area contributed by atoms with Gasteiger partial charge in [0.05, 0.1) is 0 Å². The molecule has 0 heterocycles. The average molecular weight is 188 g/mol. The van der Waals surface area contributed by atoms with Crippen LogP contribution in [0.4, 0.5) is 0 Å². The van der Waals surface area contributed by atoms with Gasteiger partial charge in [0.1, 0.15) is 0 Å². The fourth-order valence-electron chi connectivity index (χ4n) is 1.07. The van der Waals surface area contributed by atoms with Gasteiger partial charge < -0.3 is 15.4 Å². The van der Waals surface area contributed by atoms with Gasteiger partial charge in [-0.15, -0.1) is 0 Å². The molecular weight excluding hydrogens is 164 g/mol. The van der Waals surface area contributed by atoms with Crippen molar-refractivity contribution in [3.63, 3.8) is 0 Å². The quantitative estimate of drug-likeness (QED) is 0.530. The Hall–Kier alpha value is -0.120. The maximum absolute atomic E-state index is 4.95. The zero-order chi connectivity index (χ0) is 9.94. The summed E-state index contributed by atoms with van der Waals surface area (Å²) in [6.07, 6.45) is 2.30. The summed E-state index contributed by atoms with van der Waals surface area (Å²) in [5.74, 6) is 0. The van der Waals surface area contributed by atoms with Gasteiger partial charge in [-0.05, 0) is 32.5 Å². The van der Waals surface area contributed by atoms with Crippen LogP contribution in [-0.4, -0.2) is 39.4 Å². The second kappa shape index (κ2) is 9.96. The Bertz CT molecular complexity index is 96.9. The molecule has 0 saturated heterocycles. The van der Waals surface area contributed by atoms with Crippen molar-refractivity contribution in [1.29, 1.82) is 0 Å². The third-order valence-electron chi connectivity index (χ3n) is 1.78. The van der Waals surface area contributed by atoms with E-state index in [4.69, 9.17) is 4.74 Å². The number of ether oxygens (including phenoxy) is 1. The summed E-state index contributed by atoms with van der Waals surface area (Å²) in [5, 5.41) is 6.76. The van der Waals surface area contributed by atoms with E-state index in [9.17, 15) is 0 Å². The second-order valence-corrected chi connectivity index (χ2v) is 3.56. The predicted molar refractivity (Wildman–Crippen MR) is 57.1 cm³/mol. The van der Waals surface area contributed by atoms with Crippen LogP contribution in [0.25, 0.3) is 0 Å². The van der Waals surface area contributed by atoms with Crippen molar-refractivity contribution in [2.45, 2.75) is 32.7 Å². The van der Waals surface area contributed by atoms with E-state index in [2.05, 4.69) is 24.5 Å². The molecule has 80 valence electrons. The largest absolute Gasteiger partial charge is 0.385 e. The van der Waals surface area contributed by atoms with Gasteiger partial charge in [-0.3, -0.25) is 0 Å². The predicted octanol–water partition coefficient (Wildman–Crippen LogP) is 1.00. The van der Waals surface area contributed by atoms with Crippen LogP contribution in [0.5, 0.6) is 0 Å². The van der Waals surface area contributed by atoms with Crippen LogP contribution in [0.15, 0.2) is 0 Å². The summed E-state index contributed by atoms with van der Waals surface area (Å²) in [4.78, 5) is 0. The van der Waals surface area contributed by atoms with Gasteiger partial charge in [0.15, 0.2) is 0 Å². The SMILES string of the molecule is COCCCNCCCNC(C)C. The molecule has 3 nitrogen and oxygen atoms in total. The average Bonchev–Trinajstić information content (AvgIpc) is 2.09. The van der Waals surface area contributed by atoms with E-state index in [0.717, 1.165) is 32.7 Å². The third-order valence-corrected chi connectivity index (χ3v) is 1.78. The van der Waals surface area contributed by atoms with Crippen molar-refractivity contribution in [3.8, 4) is 0 Å². The summed E-state index contributed by atoms with van der Waals surface area (Å²) >= 11 is 0. The lowest BCUT2D eigenvalue weighted by molar-refractivity contribution is 0.194. The Morgan fingerprint density at radius 2 is 1.77 bits per heavy atom. The lowest BCUT2D eigenvalue weighted by Gasteiger charge is -2.08. The molecule has 3 heteroatoms. The first-order chi connectivity index (χ1) is 6.27. The van der Waals surface area contributed by atoms with Gasteiger partial charge in [-0.1, -0.05) is 13.8 Å². The first-order valence-corrected chi connectivity index (χ1v) is 5.20. The Labute approximate surface area is 82.2 Å². The topological polar surface area (TPSA) is 33.3 Å². The summed E-state index contributed by atoms with van der Waals surface area (Å²) in [7, 11) is 1.74. The lowest BCUT2D eigenvalue weighted by atomic mass is 10.3. The van der Waals surface area contributed by atoms with Crippen molar-refractivity contribution in [1.82, 2.24) is 10.6 Å². The van der Waals surface area contributed by atoms with Crippen LogP contribution in [0, 0.1) is 0 Å². The van der Waals surface area contributed by atoms with Crippen LogP contribution in [0.1, 0.15) is 26.7 Å². The highest BCUT2D eigenvalue weighted by Gasteiger charge is 1.91. The number of hydrogen-bond donors (Lipinski definition) is 2. The van der Waals surface area contributed by atoms with Gasteiger partial charge in [-0.25, -0.2) is 0 Å². The molecule has 0 aliphatic carbocycles. The number of nitrogens with one attached hydrogen (secondary N) is 2. The van der Waals surface area contributed by atoms with Gasteiger partial charge >= 0.3 is 0 Å². The summed E-state index contributed by atoms with van der Waals surface area (Å²) in [6, 6.07) is 0.605. The molecule has 0 unspecified atom stereocenters. The van der Waals surface area contributed by atoms with Gasteiger partial charge in [0, 0.05) is 19.8 Å². The van der Waals surface area contributed by atoms with Crippen molar-refractivity contribution in [3.05, 3.63) is 0 Å². The lowest BCUT2D eigenvalue weighted by Crippen LogP contribution is -2.27. The van der Waals surface area contributed by atoms with Crippen molar-refractivity contribution < 1.29 is 4.74 Å². The number of methoxy groups -OCH3 is 1. The van der Waals surface area contributed by atoms with E-state index < -0.39 is 0 Å². The highest BCUT2D eigenvalue weighted by Crippen LogP contribution is 1.80. The first kappa shape index (κ1) is 12.9. The van der Waals surface area contributed by atoms with E-state index in [0.29, 0.717) is 6.04 Å². The Morgan fingerprint density at radius 3 is 2.38 bits per heavy atom. The molecule has 0 atom stereocenters. The monoisotopic (exact) mass is 188 g/mol. The highest BCUT2D eigenvalue weighted by atomic mass is 16.5. The van der Waals surface area contributed by atoms with Crippen molar-refractivity contribution >= 4 is 0 Å². The Kier molecular flexibility index (Phi) is 9.87. The van der Waals surface area contributed by atoms with Gasteiger partial charge in [-0.2, -0.15) is 0 Å². The molecule has 0 aliphatic heterocycles. The summed E-state index contributed by atoms with van der Waals surface area (Å²) in [5.41, 5.74) is 0. The smallest absolute Gasteiger partial charge is 0.0474 e. The van der Waals surface area contributed by atoms with E-state index in [-0.39, 0.29) is 0 Å². The molecule has 0 aliphatic rings. The molecule has 0 spiro atoms. The molecule has 0 rings (SSSR count). The number of rotatable bonds is 9. The van der Waals surface area contributed by atoms with E-state index >= 15 is 0 Å². The van der Waals surface area contributed by atoms with Crippen molar-refractivity contribution in [2.75, 3.05) is 33.4 Å². The van der Waals surface area contributed by atoms with E-state index in [1.54, 1.807) is 7.11 Å². The molecular formula is C10H24N2O. The van der Waals surface area contributed by atoms with Crippen LogP contribution >= 0.6 is 0 Å². The first-order valence-electron chi connectivity index (χ1n) is 5.20. The third kappa shape index (κ3) is 11.9. The van der Waals surface area contributed by atoms with Gasteiger partial charge in [0.25, 0.3) is 0 Å². The fraction of sp³-hybridized carbons (Fsp3) is 1.00. The zero-order valence-electron chi connectivity index (χ0n) is 9.23. The summed E-state index contributed by atoms with van der Waals surface area (Å²) < 4.78 is 4.95. The van der Waals surface area contributed by atoms with E-state index in [1.165, 1.54) is 6.42 Å². The fourth-order valence-corrected chi connectivity index (χ4v) is 1.07. The zero-order valence-corrected chi connectivity index (χ0v) is 9.23. The van der Waals surface area contributed by atoms with Crippen LogP contribution in [-0.2, 0) is 4.74 Å².